The summed E-state index contributed by atoms with van der Waals surface area (Å²) in [6, 6.07) is 14.4. The molecule has 1 aliphatic rings. The van der Waals surface area contributed by atoms with Crippen LogP contribution in [-0.4, -0.2) is 26.4 Å². The first-order valence-corrected chi connectivity index (χ1v) is 11.5. The van der Waals surface area contributed by atoms with Gasteiger partial charge in [0.15, 0.2) is 5.16 Å². The zero-order valence-electron chi connectivity index (χ0n) is 17.3. The highest BCUT2D eigenvalue weighted by Crippen LogP contribution is 2.35. The van der Waals surface area contributed by atoms with Crippen molar-refractivity contribution in [3.8, 4) is 5.69 Å². The van der Waals surface area contributed by atoms with Crippen LogP contribution in [0.5, 0.6) is 0 Å². The van der Waals surface area contributed by atoms with Crippen LogP contribution in [0.4, 0.5) is 18.9 Å². The maximum Gasteiger partial charge on any atom is 0.416 e. The second-order valence-corrected chi connectivity index (χ2v) is 8.70. The molecular formula is C23H23F3N4OS. The first-order chi connectivity index (χ1) is 15.4. The number of amides is 1. The molecule has 5 nitrogen and oxygen atoms in total. The molecule has 3 aromatic rings. The summed E-state index contributed by atoms with van der Waals surface area (Å²) in [5.74, 6) is 0.823. The molecule has 1 aromatic heterocycles. The third kappa shape index (κ3) is 5.32. The van der Waals surface area contributed by atoms with Gasteiger partial charge in [0.05, 0.1) is 11.3 Å². The number of aromatic nitrogens is 3. The SMILES string of the molecule is O=C(CSc1nnc(C2CCCCC2)n1-c1ccccc1)Nc1cccc(C(F)(F)F)c1. The van der Waals surface area contributed by atoms with Gasteiger partial charge < -0.3 is 5.32 Å². The molecule has 0 radical (unpaired) electrons. The monoisotopic (exact) mass is 460 g/mol. The normalized spacial score (nSPS) is 15.0. The second-order valence-electron chi connectivity index (χ2n) is 7.76. The van der Waals surface area contributed by atoms with Crippen LogP contribution in [0.1, 0.15) is 49.4 Å². The lowest BCUT2D eigenvalue weighted by atomic mass is 9.88. The van der Waals surface area contributed by atoms with Crippen molar-refractivity contribution in [1.29, 1.82) is 0 Å². The summed E-state index contributed by atoms with van der Waals surface area (Å²) in [5, 5.41) is 11.9. The quantitative estimate of drug-likeness (QED) is 0.454. The summed E-state index contributed by atoms with van der Waals surface area (Å²) in [4.78, 5) is 12.4. The van der Waals surface area contributed by atoms with Crippen molar-refractivity contribution in [3.63, 3.8) is 0 Å². The number of alkyl halides is 3. The number of rotatable bonds is 6. The molecule has 1 saturated carbocycles. The summed E-state index contributed by atoms with van der Waals surface area (Å²) < 4.78 is 40.7. The van der Waals surface area contributed by atoms with Crippen molar-refractivity contribution in [2.75, 3.05) is 11.1 Å². The van der Waals surface area contributed by atoms with Crippen molar-refractivity contribution in [1.82, 2.24) is 14.8 Å². The Morgan fingerprint density at radius 1 is 1.03 bits per heavy atom. The van der Waals surface area contributed by atoms with E-state index in [2.05, 4.69) is 15.5 Å². The molecular weight excluding hydrogens is 437 g/mol. The van der Waals surface area contributed by atoms with Crippen molar-refractivity contribution in [2.24, 2.45) is 0 Å². The molecule has 32 heavy (non-hydrogen) atoms. The number of anilines is 1. The minimum absolute atomic E-state index is 0.00583. The minimum atomic E-state index is -4.46. The van der Waals surface area contributed by atoms with Gasteiger partial charge in [-0.2, -0.15) is 13.2 Å². The third-order valence-corrected chi connectivity index (χ3v) is 6.38. The highest BCUT2D eigenvalue weighted by atomic mass is 32.2. The van der Waals surface area contributed by atoms with Gasteiger partial charge in [-0.25, -0.2) is 0 Å². The lowest BCUT2D eigenvalue weighted by Gasteiger charge is -2.22. The second kappa shape index (κ2) is 9.77. The Kier molecular flexibility index (Phi) is 6.83. The van der Waals surface area contributed by atoms with E-state index in [9.17, 15) is 18.0 Å². The van der Waals surface area contributed by atoms with Crippen molar-refractivity contribution in [3.05, 3.63) is 66.0 Å². The van der Waals surface area contributed by atoms with Gasteiger partial charge in [0, 0.05) is 17.3 Å². The Balaban J connectivity index is 1.49. The van der Waals surface area contributed by atoms with Crippen LogP contribution in [0.2, 0.25) is 0 Å². The Bertz CT molecular complexity index is 1060. The summed E-state index contributed by atoms with van der Waals surface area (Å²) in [7, 11) is 0. The van der Waals surface area contributed by atoms with E-state index in [1.54, 1.807) is 0 Å². The van der Waals surface area contributed by atoms with Crippen molar-refractivity contribution < 1.29 is 18.0 Å². The van der Waals surface area contributed by atoms with Crippen LogP contribution in [0.3, 0.4) is 0 Å². The van der Waals surface area contributed by atoms with Crippen LogP contribution in [0, 0.1) is 0 Å². The fraction of sp³-hybridized carbons (Fsp3) is 0.348. The topological polar surface area (TPSA) is 59.8 Å². The number of para-hydroxylation sites is 1. The maximum atomic E-state index is 12.9. The summed E-state index contributed by atoms with van der Waals surface area (Å²) in [6.45, 7) is 0. The van der Waals surface area contributed by atoms with Crippen LogP contribution < -0.4 is 5.32 Å². The number of hydrogen-bond acceptors (Lipinski definition) is 4. The Morgan fingerprint density at radius 2 is 1.78 bits per heavy atom. The molecule has 0 atom stereocenters. The number of halogens is 3. The Labute approximate surface area is 188 Å². The van der Waals surface area contributed by atoms with Gasteiger partial charge in [0.25, 0.3) is 0 Å². The number of nitrogens with one attached hydrogen (secondary N) is 1. The van der Waals surface area contributed by atoms with Gasteiger partial charge in [-0.3, -0.25) is 9.36 Å². The van der Waals surface area contributed by atoms with E-state index in [1.807, 2.05) is 34.9 Å². The van der Waals surface area contributed by atoms with Gasteiger partial charge in [-0.15, -0.1) is 10.2 Å². The van der Waals surface area contributed by atoms with E-state index in [0.717, 1.165) is 49.3 Å². The smallest absolute Gasteiger partial charge is 0.325 e. The molecule has 0 saturated heterocycles. The molecule has 0 aliphatic heterocycles. The molecule has 0 unspecified atom stereocenters. The highest BCUT2D eigenvalue weighted by molar-refractivity contribution is 7.99. The van der Waals surface area contributed by atoms with E-state index < -0.39 is 17.6 Å². The molecule has 1 aliphatic carbocycles. The van der Waals surface area contributed by atoms with E-state index in [1.165, 1.54) is 30.3 Å². The summed E-state index contributed by atoms with van der Waals surface area (Å²) in [6.07, 6.45) is 1.21. The zero-order valence-corrected chi connectivity index (χ0v) is 18.1. The number of carbonyl (C=O) groups is 1. The van der Waals surface area contributed by atoms with Gasteiger partial charge in [-0.1, -0.05) is 55.3 Å². The molecule has 0 spiro atoms. The average Bonchev–Trinajstić information content (AvgIpc) is 3.22. The molecule has 2 aromatic carbocycles. The predicted molar refractivity (Wildman–Crippen MR) is 118 cm³/mol. The van der Waals surface area contributed by atoms with E-state index in [0.29, 0.717) is 11.1 Å². The average molecular weight is 461 g/mol. The fourth-order valence-corrected chi connectivity index (χ4v) is 4.68. The van der Waals surface area contributed by atoms with E-state index in [4.69, 9.17) is 0 Å². The first-order valence-electron chi connectivity index (χ1n) is 10.5. The van der Waals surface area contributed by atoms with Crippen LogP contribution >= 0.6 is 11.8 Å². The molecule has 0 bridgehead atoms. The molecule has 4 rings (SSSR count). The Morgan fingerprint density at radius 3 is 2.50 bits per heavy atom. The number of hydrogen-bond donors (Lipinski definition) is 1. The molecule has 1 amide bonds. The standard InChI is InChI=1S/C23H23F3N4OS/c24-23(25,26)17-10-7-11-18(14-17)27-20(31)15-32-22-29-28-21(16-8-3-1-4-9-16)30(22)19-12-5-2-6-13-19/h2,5-7,10-14,16H,1,3-4,8-9,15H2,(H,27,31). The van der Waals surface area contributed by atoms with Gasteiger partial charge in [0.2, 0.25) is 5.91 Å². The van der Waals surface area contributed by atoms with Crippen molar-refractivity contribution >= 4 is 23.4 Å². The maximum absolute atomic E-state index is 12.9. The number of nitrogens with zero attached hydrogens (tertiary/aromatic N) is 3. The number of carbonyl (C=O) groups excluding carboxylic acids is 1. The number of thioether (sulfide) groups is 1. The zero-order chi connectivity index (χ0) is 22.6. The lowest BCUT2D eigenvalue weighted by molar-refractivity contribution is -0.137. The first kappa shape index (κ1) is 22.4. The third-order valence-electron chi connectivity index (χ3n) is 5.45. The van der Waals surface area contributed by atoms with Crippen LogP contribution in [0.25, 0.3) is 5.69 Å². The van der Waals surface area contributed by atoms with Gasteiger partial charge >= 0.3 is 6.18 Å². The fourth-order valence-electron chi connectivity index (χ4n) is 3.92. The number of benzene rings is 2. The molecule has 9 heteroatoms. The largest absolute Gasteiger partial charge is 0.416 e. The van der Waals surface area contributed by atoms with E-state index in [-0.39, 0.29) is 11.4 Å². The van der Waals surface area contributed by atoms with Gasteiger partial charge in [0.1, 0.15) is 5.82 Å². The minimum Gasteiger partial charge on any atom is -0.325 e. The van der Waals surface area contributed by atoms with E-state index >= 15 is 0 Å². The van der Waals surface area contributed by atoms with Crippen LogP contribution in [-0.2, 0) is 11.0 Å². The molecule has 1 heterocycles. The molecule has 168 valence electrons. The highest BCUT2D eigenvalue weighted by Gasteiger charge is 2.30. The summed E-state index contributed by atoms with van der Waals surface area (Å²) in [5.41, 5.74) is 0.237. The van der Waals surface area contributed by atoms with Gasteiger partial charge in [-0.05, 0) is 43.2 Å². The lowest BCUT2D eigenvalue weighted by Crippen LogP contribution is -2.16. The summed E-state index contributed by atoms with van der Waals surface area (Å²) >= 11 is 1.22. The van der Waals surface area contributed by atoms with Crippen LogP contribution in [0.15, 0.2) is 59.8 Å². The van der Waals surface area contributed by atoms with Crippen molar-refractivity contribution in [2.45, 2.75) is 49.4 Å². The molecule has 1 fully saturated rings. The predicted octanol–water partition coefficient (Wildman–Crippen LogP) is 6.06. The Hall–Kier alpha value is -2.81. The molecule has 1 N–H and O–H groups in total.